The SMILES string of the molecule is O=C(NC[C@H]1CCOC1)Nc1cccc(C(=O)c2ccccc2)c1. The lowest BCUT2D eigenvalue weighted by molar-refractivity contribution is 0.103. The first-order valence-corrected chi connectivity index (χ1v) is 8.05. The number of ketones is 1. The molecule has 1 aliphatic rings. The Kier molecular flexibility index (Phi) is 5.23. The molecule has 0 radical (unpaired) electrons. The van der Waals surface area contributed by atoms with E-state index in [0.29, 0.717) is 35.9 Å². The van der Waals surface area contributed by atoms with Gasteiger partial charge in [-0.1, -0.05) is 42.5 Å². The van der Waals surface area contributed by atoms with Crippen LogP contribution in [-0.4, -0.2) is 31.6 Å². The number of hydrogen-bond acceptors (Lipinski definition) is 3. The Balaban J connectivity index is 1.60. The molecule has 1 atom stereocenters. The topological polar surface area (TPSA) is 67.4 Å². The summed E-state index contributed by atoms with van der Waals surface area (Å²) in [6.45, 7) is 2.05. The Bertz CT molecular complexity index is 710. The third-order valence-corrected chi connectivity index (χ3v) is 3.99. The van der Waals surface area contributed by atoms with Gasteiger partial charge in [0, 0.05) is 35.9 Å². The molecule has 2 amide bonds. The molecule has 5 nitrogen and oxygen atoms in total. The van der Waals surface area contributed by atoms with E-state index in [0.717, 1.165) is 13.0 Å². The van der Waals surface area contributed by atoms with Crippen molar-refractivity contribution in [3.8, 4) is 0 Å². The van der Waals surface area contributed by atoms with Gasteiger partial charge in [-0.15, -0.1) is 0 Å². The number of rotatable bonds is 5. The second-order valence-electron chi connectivity index (χ2n) is 5.84. The van der Waals surface area contributed by atoms with Gasteiger partial charge in [-0.2, -0.15) is 0 Å². The fraction of sp³-hybridized carbons (Fsp3) is 0.263. The van der Waals surface area contributed by atoms with Gasteiger partial charge in [-0.3, -0.25) is 4.79 Å². The third kappa shape index (κ3) is 4.20. The molecular formula is C19H20N2O3. The molecule has 0 bridgehead atoms. The lowest BCUT2D eigenvalue weighted by Crippen LogP contribution is -2.33. The molecule has 24 heavy (non-hydrogen) atoms. The highest BCUT2D eigenvalue weighted by Gasteiger charge is 2.16. The Hall–Kier alpha value is -2.66. The van der Waals surface area contributed by atoms with Gasteiger partial charge < -0.3 is 15.4 Å². The van der Waals surface area contributed by atoms with E-state index in [1.165, 1.54) is 0 Å². The summed E-state index contributed by atoms with van der Waals surface area (Å²) in [4.78, 5) is 24.4. The summed E-state index contributed by atoms with van der Waals surface area (Å²) >= 11 is 0. The number of carbonyl (C=O) groups is 2. The summed E-state index contributed by atoms with van der Waals surface area (Å²) in [7, 11) is 0. The monoisotopic (exact) mass is 324 g/mol. The fourth-order valence-corrected chi connectivity index (χ4v) is 2.65. The van der Waals surface area contributed by atoms with Crippen LogP contribution in [0.5, 0.6) is 0 Å². The lowest BCUT2D eigenvalue weighted by atomic mass is 10.0. The molecule has 0 unspecified atom stereocenters. The molecule has 124 valence electrons. The largest absolute Gasteiger partial charge is 0.381 e. The first-order valence-electron chi connectivity index (χ1n) is 8.05. The van der Waals surface area contributed by atoms with E-state index >= 15 is 0 Å². The lowest BCUT2D eigenvalue weighted by Gasteiger charge is -2.11. The predicted octanol–water partition coefficient (Wildman–Crippen LogP) is 3.08. The molecule has 1 fully saturated rings. The summed E-state index contributed by atoms with van der Waals surface area (Å²) in [6.07, 6.45) is 0.974. The Morgan fingerprint density at radius 1 is 1.04 bits per heavy atom. The van der Waals surface area contributed by atoms with Crippen molar-refractivity contribution in [1.29, 1.82) is 0 Å². The minimum absolute atomic E-state index is 0.0669. The number of amides is 2. The summed E-state index contributed by atoms with van der Waals surface area (Å²) in [5.41, 5.74) is 1.76. The maximum atomic E-state index is 12.4. The number of ether oxygens (including phenoxy) is 1. The molecular weight excluding hydrogens is 304 g/mol. The molecule has 1 aliphatic heterocycles. The van der Waals surface area contributed by atoms with E-state index in [1.807, 2.05) is 18.2 Å². The van der Waals surface area contributed by atoms with Gasteiger partial charge in [0.15, 0.2) is 5.78 Å². The minimum atomic E-state index is -0.272. The molecule has 0 aromatic heterocycles. The molecule has 3 rings (SSSR count). The fourth-order valence-electron chi connectivity index (χ4n) is 2.65. The van der Waals surface area contributed by atoms with Crippen LogP contribution in [0.25, 0.3) is 0 Å². The van der Waals surface area contributed by atoms with Crippen LogP contribution in [0.3, 0.4) is 0 Å². The first kappa shape index (κ1) is 16.2. The molecule has 0 spiro atoms. The van der Waals surface area contributed by atoms with Gasteiger partial charge in [0.25, 0.3) is 0 Å². The first-order chi connectivity index (χ1) is 11.7. The summed E-state index contributed by atoms with van der Waals surface area (Å²) in [5.74, 6) is 0.310. The molecule has 1 saturated heterocycles. The molecule has 0 aliphatic carbocycles. The zero-order valence-electron chi connectivity index (χ0n) is 13.3. The zero-order valence-corrected chi connectivity index (χ0v) is 13.3. The van der Waals surface area contributed by atoms with Crippen molar-refractivity contribution in [1.82, 2.24) is 5.32 Å². The number of benzene rings is 2. The van der Waals surface area contributed by atoms with Gasteiger partial charge in [0.1, 0.15) is 0 Å². The molecule has 5 heteroatoms. The predicted molar refractivity (Wildman–Crippen MR) is 92.3 cm³/mol. The summed E-state index contributed by atoms with van der Waals surface area (Å²) in [5, 5.41) is 5.61. The molecule has 0 saturated carbocycles. The van der Waals surface area contributed by atoms with Crippen molar-refractivity contribution in [2.45, 2.75) is 6.42 Å². The van der Waals surface area contributed by atoms with Crippen LogP contribution in [0, 0.1) is 5.92 Å². The molecule has 2 aromatic rings. The minimum Gasteiger partial charge on any atom is -0.381 e. The van der Waals surface area contributed by atoms with E-state index < -0.39 is 0 Å². The van der Waals surface area contributed by atoms with Gasteiger partial charge in [0.2, 0.25) is 0 Å². The zero-order chi connectivity index (χ0) is 16.8. The number of anilines is 1. The van der Waals surface area contributed by atoms with Crippen LogP contribution in [0.4, 0.5) is 10.5 Å². The van der Waals surface area contributed by atoms with Crippen molar-refractivity contribution < 1.29 is 14.3 Å². The van der Waals surface area contributed by atoms with Crippen molar-refractivity contribution >= 4 is 17.5 Å². The smallest absolute Gasteiger partial charge is 0.319 e. The highest BCUT2D eigenvalue weighted by Crippen LogP contribution is 2.15. The Morgan fingerprint density at radius 3 is 2.58 bits per heavy atom. The van der Waals surface area contributed by atoms with Gasteiger partial charge in [0.05, 0.1) is 6.61 Å². The quantitative estimate of drug-likeness (QED) is 0.831. The highest BCUT2D eigenvalue weighted by atomic mass is 16.5. The van der Waals surface area contributed by atoms with E-state index in [-0.39, 0.29) is 11.8 Å². The van der Waals surface area contributed by atoms with Gasteiger partial charge >= 0.3 is 6.03 Å². The molecule has 2 aromatic carbocycles. The molecule has 1 heterocycles. The van der Waals surface area contributed by atoms with Crippen LogP contribution in [0.1, 0.15) is 22.3 Å². The Morgan fingerprint density at radius 2 is 1.83 bits per heavy atom. The Labute approximate surface area is 141 Å². The highest BCUT2D eigenvalue weighted by molar-refractivity contribution is 6.09. The second-order valence-corrected chi connectivity index (χ2v) is 5.84. The van der Waals surface area contributed by atoms with Crippen molar-refractivity contribution in [3.63, 3.8) is 0 Å². The number of hydrogen-bond donors (Lipinski definition) is 2. The number of urea groups is 1. The van der Waals surface area contributed by atoms with Crippen LogP contribution >= 0.6 is 0 Å². The number of carbonyl (C=O) groups excluding carboxylic acids is 2. The molecule has 2 N–H and O–H groups in total. The number of nitrogens with one attached hydrogen (secondary N) is 2. The maximum Gasteiger partial charge on any atom is 0.319 e. The standard InChI is InChI=1S/C19H20N2O3/c22-18(15-5-2-1-3-6-15)16-7-4-8-17(11-16)21-19(23)20-12-14-9-10-24-13-14/h1-8,11,14H,9-10,12-13H2,(H2,20,21,23)/t14-/m1/s1. The van der Waals surface area contributed by atoms with Crippen LogP contribution in [0.15, 0.2) is 54.6 Å². The second kappa shape index (κ2) is 7.75. The van der Waals surface area contributed by atoms with E-state index in [1.54, 1.807) is 36.4 Å². The van der Waals surface area contributed by atoms with E-state index in [9.17, 15) is 9.59 Å². The van der Waals surface area contributed by atoms with E-state index in [2.05, 4.69) is 10.6 Å². The summed E-state index contributed by atoms with van der Waals surface area (Å²) in [6, 6.07) is 15.8. The van der Waals surface area contributed by atoms with Crippen molar-refractivity contribution in [2.75, 3.05) is 25.1 Å². The van der Waals surface area contributed by atoms with Crippen LogP contribution in [-0.2, 0) is 4.74 Å². The average molecular weight is 324 g/mol. The van der Waals surface area contributed by atoms with Crippen molar-refractivity contribution in [2.24, 2.45) is 5.92 Å². The average Bonchev–Trinajstić information content (AvgIpc) is 3.14. The van der Waals surface area contributed by atoms with Crippen molar-refractivity contribution in [3.05, 3.63) is 65.7 Å². The van der Waals surface area contributed by atoms with Crippen LogP contribution in [0.2, 0.25) is 0 Å². The van der Waals surface area contributed by atoms with E-state index in [4.69, 9.17) is 4.74 Å². The maximum absolute atomic E-state index is 12.4. The van der Waals surface area contributed by atoms with Gasteiger partial charge in [-0.25, -0.2) is 4.79 Å². The normalized spacial score (nSPS) is 16.6. The third-order valence-electron chi connectivity index (χ3n) is 3.99. The van der Waals surface area contributed by atoms with Gasteiger partial charge in [-0.05, 0) is 18.6 Å². The summed E-state index contributed by atoms with van der Waals surface area (Å²) < 4.78 is 5.28. The van der Waals surface area contributed by atoms with Crippen LogP contribution < -0.4 is 10.6 Å².